The number of alkyl carbamates (subject to hydrolysis) is 1. The molecule has 0 saturated carbocycles. The van der Waals surface area contributed by atoms with Crippen LogP contribution >= 0.6 is 0 Å². The summed E-state index contributed by atoms with van der Waals surface area (Å²) in [5.74, 6) is -0.779. The van der Waals surface area contributed by atoms with Crippen molar-refractivity contribution in [3.05, 3.63) is 65.2 Å². The minimum Gasteiger partial charge on any atom is -0.444 e. The van der Waals surface area contributed by atoms with Crippen molar-refractivity contribution < 1.29 is 19.1 Å². The van der Waals surface area contributed by atoms with Gasteiger partial charge in [0.05, 0.1) is 0 Å². The Balaban J connectivity index is 2.53. The molecule has 2 aromatic carbocycles. The van der Waals surface area contributed by atoms with Crippen LogP contribution in [-0.2, 0) is 20.7 Å². The molecule has 2 aromatic rings. The van der Waals surface area contributed by atoms with Gasteiger partial charge in [-0.05, 0) is 69.2 Å². The van der Waals surface area contributed by atoms with E-state index in [4.69, 9.17) is 4.74 Å². The van der Waals surface area contributed by atoms with E-state index in [1.54, 1.807) is 25.7 Å². The molecule has 0 aliphatic heterocycles. The average Bonchev–Trinajstić information content (AvgIpc) is 2.87. The Morgan fingerprint density at radius 1 is 0.974 bits per heavy atom. The quantitative estimate of drug-likeness (QED) is 0.356. The number of carbonyl (C=O) groups excluding carboxylic acids is 3. The van der Waals surface area contributed by atoms with Crippen LogP contribution in [0.3, 0.4) is 0 Å². The monoisotopic (exact) mass is 523 g/mol. The Hall–Kier alpha value is -3.35. The molecule has 7 nitrogen and oxygen atoms in total. The highest BCUT2D eigenvalue weighted by Gasteiger charge is 2.37. The number of hydrogen-bond acceptors (Lipinski definition) is 4. The van der Waals surface area contributed by atoms with Gasteiger partial charge in [0.2, 0.25) is 5.91 Å². The van der Waals surface area contributed by atoms with E-state index < -0.39 is 23.8 Å². The average molecular weight is 524 g/mol. The molecule has 3 atom stereocenters. The number of nitrogens with zero attached hydrogens (tertiary/aromatic N) is 1. The number of aryl methyl sites for hydroxylation is 2. The van der Waals surface area contributed by atoms with E-state index in [0.29, 0.717) is 25.1 Å². The lowest BCUT2D eigenvalue weighted by atomic mass is 9.95. The molecular formula is C31H45N3O4. The van der Waals surface area contributed by atoms with Crippen molar-refractivity contribution in [2.24, 2.45) is 5.92 Å². The molecule has 0 aromatic heterocycles. The third-order valence-corrected chi connectivity index (χ3v) is 6.57. The fourth-order valence-corrected chi connectivity index (χ4v) is 4.23. The minimum absolute atomic E-state index is 0.170. The van der Waals surface area contributed by atoms with Crippen LogP contribution in [-0.4, -0.2) is 41.0 Å². The molecule has 3 amide bonds. The van der Waals surface area contributed by atoms with Crippen LogP contribution in [0.4, 0.5) is 10.5 Å². The summed E-state index contributed by atoms with van der Waals surface area (Å²) in [6.07, 6.45) is 1.53. The van der Waals surface area contributed by atoms with Crippen molar-refractivity contribution >= 4 is 23.6 Å². The molecule has 7 heteroatoms. The molecule has 2 N–H and O–H groups in total. The summed E-state index contributed by atoms with van der Waals surface area (Å²) in [5, 5.41) is 5.84. The molecular weight excluding hydrogens is 478 g/mol. The van der Waals surface area contributed by atoms with Crippen molar-refractivity contribution in [1.29, 1.82) is 0 Å². The van der Waals surface area contributed by atoms with Gasteiger partial charge in [-0.25, -0.2) is 4.79 Å². The van der Waals surface area contributed by atoms with E-state index in [2.05, 4.69) is 17.6 Å². The van der Waals surface area contributed by atoms with Crippen LogP contribution in [0.25, 0.3) is 0 Å². The van der Waals surface area contributed by atoms with Gasteiger partial charge in [0, 0.05) is 12.2 Å². The first-order valence-electron chi connectivity index (χ1n) is 13.7. The van der Waals surface area contributed by atoms with Crippen molar-refractivity contribution in [1.82, 2.24) is 10.2 Å². The molecule has 0 saturated heterocycles. The van der Waals surface area contributed by atoms with Crippen LogP contribution in [0.1, 0.15) is 84.0 Å². The number of hydrogen-bond donors (Lipinski definition) is 2. The topological polar surface area (TPSA) is 87.7 Å². The lowest BCUT2D eigenvalue weighted by molar-refractivity contribution is -0.141. The van der Waals surface area contributed by atoms with E-state index in [9.17, 15) is 14.4 Å². The third-order valence-electron chi connectivity index (χ3n) is 6.57. The van der Waals surface area contributed by atoms with Gasteiger partial charge >= 0.3 is 6.09 Å². The van der Waals surface area contributed by atoms with Gasteiger partial charge in [0.1, 0.15) is 17.7 Å². The number of amides is 3. The minimum atomic E-state index is -0.875. The second kappa shape index (κ2) is 14.0. The van der Waals surface area contributed by atoms with E-state index in [1.807, 2.05) is 76.2 Å². The molecule has 0 aliphatic rings. The Bertz CT molecular complexity index is 1080. The zero-order valence-corrected chi connectivity index (χ0v) is 24.3. The lowest BCUT2D eigenvalue weighted by Gasteiger charge is -2.36. The number of rotatable bonds is 11. The standard InChI is InChI=1S/C31H45N3O4/c1-9-20-34(29(36)26(21(4)10-2)33-30(37)38-31(6,7)8)27(24-18-16-23(11-3)17-19-24)28(35)32-25-15-13-12-14-22(25)5/h12-19,21,26-27H,9-11,20H2,1-8H3,(H,32,35)(H,33,37). The van der Waals surface area contributed by atoms with Gasteiger partial charge < -0.3 is 20.3 Å². The number of nitrogens with one attached hydrogen (secondary N) is 2. The summed E-state index contributed by atoms with van der Waals surface area (Å²) in [6.45, 7) is 15.5. The molecule has 208 valence electrons. The second-order valence-corrected chi connectivity index (χ2v) is 10.8. The highest BCUT2D eigenvalue weighted by molar-refractivity contribution is 5.99. The maximum absolute atomic E-state index is 14.2. The maximum atomic E-state index is 14.2. The van der Waals surface area contributed by atoms with Gasteiger partial charge in [-0.3, -0.25) is 9.59 Å². The van der Waals surface area contributed by atoms with Gasteiger partial charge in [0.15, 0.2) is 0 Å². The van der Waals surface area contributed by atoms with Crippen LogP contribution in [0.15, 0.2) is 48.5 Å². The number of anilines is 1. The Labute approximate surface area is 228 Å². The highest BCUT2D eigenvalue weighted by atomic mass is 16.6. The lowest BCUT2D eigenvalue weighted by Crippen LogP contribution is -2.54. The second-order valence-electron chi connectivity index (χ2n) is 10.8. The molecule has 0 heterocycles. The predicted octanol–water partition coefficient (Wildman–Crippen LogP) is 6.42. The first-order valence-corrected chi connectivity index (χ1v) is 13.7. The normalized spacial score (nSPS) is 13.7. The van der Waals surface area contributed by atoms with Gasteiger partial charge in [-0.2, -0.15) is 0 Å². The third kappa shape index (κ3) is 8.61. The molecule has 38 heavy (non-hydrogen) atoms. The van der Waals surface area contributed by atoms with E-state index in [-0.39, 0.29) is 17.7 Å². The molecule has 0 spiro atoms. The zero-order chi connectivity index (χ0) is 28.5. The molecule has 0 bridgehead atoms. The van der Waals surface area contributed by atoms with Gasteiger partial charge in [-0.1, -0.05) is 76.6 Å². The fraction of sp³-hybridized carbons (Fsp3) is 0.516. The predicted molar refractivity (Wildman–Crippen MR) is 153 cm³/mol. The Kier molecular flexibility index (Phi) is 11.4. The summed E-state index contributed by atoms with van der Waals surface area (Å²) in [5.41, 5.74) is 2.78. The smallest absolute Gasteiger partial charge is 0.408 e. The number of carbonyl (C=O) groups is 3. The van der Waals surface area contributed by atoms with E-state index in [0.717, 1.165) is 23.1 Å². The first kappa shape index (κ1) is 30.9. The number of para-hydroxylation sites is 1. The molecule has 0 fully saturated rings. The van der Waals surface area contributed by atoms with Crippen LogP contribution in [0.5, 0.6) is 0 Å². The van der Waals surface area contributed by atoms with Crippen LogP contribution in [0, 0.1) is 12.8 Å². The summed E-state index contributed by atoms with van der Waals surface area (Å²) < 4.78 is 5.46. The molecule has 3 unspecified atom stereocenters. The molecule has 0 aliphatic carbocycles. The zero-order valence-electron chi connectivity index (χ0n) is 24.3. The first-order chi connectivity index (χ1) is 17.9. The number of ether oxygens (including phenoxy) is 1. The van der Waals surface area contributed by atoms with Crippen molar-refractivity contribution in [3.63, 3.8) is 0 Å². The summed E-state index contributed by atoms with van der Waals surface area (Å²) in [7, 11) is 0. The van der Waals surface area contributed by atoms with Crippen LogP contribution in [0.2, 0.25) is 0 Å². The SMILES string of the molecule is CCCN(C(=O)C(NC(=O)OC(C)(C)C)C(C)CC)C(C(=O)Nc1ccccc1C)c1ccc(CC)cc1. The summed E-state index contributed by atoms with van der Waals surface area (Å²) in [6, 6.07) is 13.6. The van der Waals surface area contributed by atoms with E-state index >= 15 is 0 Å². The highest BCUT2D eigenvalue weighted by Crippen LogP contribution is 2.27. The number of benzene rings is 2. The summed E-state index contributed by atoms with van der Waals surface area (Å²) >= 11 is 0. The van der Waals surface area contributed by atoms with Crippen LogP contribution < -0.4 is 10.6 Å². The molecule has 2 rings (SSSR count). The van der Waals surface area contributed by atoms with E-state index in [1.165, 1.54) is 0 Å². The largest absolute Gasteiger partial charge is 0.444 e. The van der Waals surface area contributed by atoms with Crippen molar-refractivity contribution in [2.45, 2.75) is 92.3 Å². The van der Waals surface area contributed by atoms with Gasteiger partial charge in [0.25, 0.3) is 5.91 Å². The fourth-order valence-electron chi connectivity index (χ4n) is 4.23. The van der Waals surface area contributed by atoms with Crippen molar-refractivity contribution in [2.75, 3.05) is 11.9 Å². The molecule has 0 radical (unpaired) electrons. The summed E-state index contributed by atoms with van der Waals surface area (Å²) in [4.78, 5) is 42.4. The van der Waals surface area contributed by atoms with Crippen molar-refractivity contribution in [3.8, 4) is 0 Å². The Morgan fingerprint density at radius 3 is 2.13 bits per heavy atom. The Morgan fingerprint density at radius 2 is 1.61 bits per heavy atom. The maximum Gasteiger partial charge on any atom is 0.408 e. The van der Waals surface area contributed by atoms with Gasteiger partial charge in [-0.15, -0.1) is 0 Å².